The van der Waals surface area contributed by atoms with Crippen molar-refractivity contribution in [2.45, 2.75) is 44.8 Å². The fourth-order valence-electron chi connectivity index (χ4n) is 4.07. The molecule has 1 aliphatic rings. The monoisotopic (exact) mass is 512 g/mol. The molecule has 0 unspecified atom stereocenters. The van der Waals surface area contributed by atoms with Crippen LogP contribution in [-0.2, 0) is 6.18 Å². The Kier molecular flexibility index (Phi) is 7.61. The predicted octanol–water partition coefficient (Wildman–Crippen LogP) is 6.08. The van der Waals surface area contributed by atoms with E-state index in [0.717, 1.165) is 30.5 Å². The van der Waals surface area contributed by atoms with E-state index in [-0.39, 0.29) is 5.56 Å². The Balaban J connectivity index is 1.44. The topological polar surface area (TPSA) is 99.2 Å². The molecule has 0 spiro atoms. The van der Waals surface area contributed by atoms with Gasteiger partial charge in [0.05, 0.1) is 5.56 Å². The van der Waals surface area contributed by atoms with Gasteiger partial charge in [-0.2, -0.15) is 13.2 Å². The summed E-state index contributed by atoms with van der Waals surface area (Å²) >= 11 is 0. The van der Waals surface area contributed by atoms with Gasteiger partial charge in [-0.05, 0) is 55.7 Å². The second-order valence-corrected chi connectivity index (χ2v) is 8.94. The summed E-state index contributed by atoms with van der Waals surface area (Å²) in [5.41, 5.74) is 0.427. The highest BCUT2D eigenvalue weighted by Gasteiger charge is 2.31. The van der Waals surface area contributed by atoms with E-state index in [9.17, 15) is 22.8 Å². The van der Waals surface area contributed by atoms with Gasteiger partial charge in [0.1, 0.15) is 18.0 Å². The van der Waals surface area contributed by atoms with Gasteiger partial charge in [-0.3, -0.25) is 9.69 Å². The van der Waals surface area contributed by atoms with E-state index >= 15 is 0 Å². The number of carbonyl (C=O) groups excluding carboxylic acids is 2. The summed E-state index contributed by atoms with van der Waals surface area (Å²) in [5, 5.41) is 8.74. The smallest absolute Gasteiger partial charge is 0.367 e. The van der Waals surface area contributed by atoms with Gasteiger partial charge in [-0.15, -0.1) is 0 Å². The summed E-state index contributed by atoms with van der Waals surface area (Å²) < 4.78 is 39.0. The highest BCUT2D eigenvalue weighted by molar-refractivity contribution is 6.05. The number of benzene rings is 2. The molecule has 0 bridgehead atoms. The molecule has 8 nitrogen and oxygen atoms in total. The number of hydrogen-bond donors (Lipinski definition) is 3. The van der Waals surface area contributed by atoms with E-state index in [4.69, 9.17) is 0 Å². The first kappa shape index (κ1) is 25.9. The molecule has 1 fully saturated rings. The molecular formula is C26H27F3N6O2. The van der Waals surface area contributed by atoms with Gasteiger partial charge in [0.15, 0.2) is 0 Å². The zero-order valence-electron chi connectivity index (χ0n) is 20.4. The number of alkyl halides is 3. The number of carbonyl (C=O) groups is 2. The summed E-state index contributed by atoms with van der Waals surface area (Å²) in [4.78, 5) is 35.3. The summed E-state index contributed by atoms with van der Waals surface area (Å²) in [5.74, 6) is 0.347. The first-order valence-corrected chi connectivity index (χ1v) is 11.8. The zero-order chi connectivity index (χ0) is 26.6. The molecule has 0 atom stereocenters. The Morgan fingerprint density at radius 2 is 1.76 bits per heavy atom. The number of halogens is 3. The van der Waals surface area contributed by atoms with Crippen molar-refractivity contribution in [1.82, 2.24) is 9.97 Å². The van der Waals surface area contributed by atoms with Crippen LogP contribution in [0, 0.1) is 6.92 Å². The second kappa shape index (κ2) is 10.9. The van der Waals surface area contributed by atoms with Crippen LogP contribution in [0.3, 0.4) is 0 Å². The van der Waals surface area contributed by atoms with Crippen molar-refractivity contribution in [2.75, 3.05) is 27.9 Å². The average Bonchev–Trinajstić information content (AvgIpc) is 3.38. The van der Waals surface area contributed by atoms with Crippen LogP contribution in [0.2, 0.25) is 0 Å². The number of amides is 3. The molecule has 1 heterocycles. The number of hydrogen-bond acceptors (Lipinski definition) is 5. The number of nitrogens with one attached hydrogen (secondary N) is 3. The molecule has 37 heavy (non-hydrogen) atoms. The van der Waals surface area contributed by atoms with Crippen LogP contribution in [0.1, 0.15) is 47.2 Å². The van der Waals surface area contributed by atoms with Crippen molar-refractivity contribution in [3.05, 3.63) is 71.5 Å². The standard InChI is InChI=1S/C26H27F3N6O2/c1-16-10-11-20(33-24(36)17-6-5-7-18(12-17)26(27,28)29)13-21(16)34-25(37)35(2)23-14-22(30-15-31-23)32-19-8-3-4-9-19/h5-7,10-15,19H,3-4,8-9H2,1-2H3,(H,33,36)(H,34,37)(H,30,31,32). The fraction of sp³-hybridized carbons (Fsp3) is 0.308. The van der Waals surface area contributed by atoms with Crippen molar-refractivity contribution < 1.29 is 22.8 Å². The van der Waals surface area contributed by atoms with E-state index in [2.05, 4.69) is 25.9 Å². The Morgan fingerprint density at radius 3 is 2.49 bits per heavy atom. The van der Waals surface area contributed by atoms with Crippen molar-refractivity contribution in [3.8, 4) is 0 Å². The zero-order valence-corrected chi connectivity index (χ0v) is 20.4. The molecule has 3 amide bonds. The molecule has 1 saturated carbocycles. The minimum atomic E-state index is -4.55. The minimum Gasteiger partial charge on any atom is -0.367 e. The number of anilines is 4. The van der Waals surface area contributed by atoms with Crippen LogP contribution in [0.25, 0.3) is 0 Å². The van der Waals surface area contributed by atoms with Crippen LogP contribution < -0.4 is 20.9 Å². The lowest BCUT2D eigenvalue weighted by atomic mass is 10.1. The summed E-state index contributed by atoms with van der Waals surface area (Å²) in [6.45, 7) is 1.78. The van der Waals surface area contributed by atoms with E-state index in [0.29, 0.717) is 29.1 Å². The molecule has 194 valence electrons. The van der Waals surface area contributed by atoms with E-state index in [1.54, 1.807) is 38.2 Å². The number of nitrogens with zero attached hydrogens (tertiary/aromatic N) is 3. The predicted molar refractivity (Wildman–Crippen MR) is 136 cm³/mol. The molecule has 0 saturated heterocycles. The maximum atomic E-state index is 13.0. The lowest BCUT2D eigenvalue weighted by molar-refractivity contribution is -0.137. The third-order valence-electron chi connectivity index (χ3n) is 6.20. The summed E-state index contributed by atoms with van der Waals surface area (Å²) in [7, 11) is 1.58. The second-order valence-electron chi connectivity index (χ2n) is 8.94. The molecule has 2 aromatic carbocycles. The molecule has 3 N–H and O–H groups in total. The van der Waals surface area contributed by atoms with Crippen LogP contribution in [0.15, 0.2) is 54.9 Å². The molecule has 1 aromatic heterocycles. The lowest BCUT2D eigenvalue weighted by Gasteiger charge is -2.20. The molecular weight excluding hydrogens is 485 g/mol. The normalized spacial score (nSPS) is 13.8. The van der Waals surface area contributed by atoms with Gasteiger partial charge in [-0.1, -0.05) is 25.0 Å². The third kappa shape index (κ3) is 6.54. The molecule has 0 aliphatic heterocycles. The first-order valence-electron chi connectivity index (χ1n) is 11.8. The molecule has 4 rings (SSSR count). The van der Waals surface area contributed by atoms with Crippen molar-refractivity contribution in [1.29, 1.82) is 0 Å². The number of aryl methyl sites for hydroxylation is 1. The molecule has 3 aromatic rings. The van der Waals surface area contributed by atoms with E-state index < -0.39 is 23.7 Å². The minimum absolute atomic E-state index is 0.133. The maximum Gasteiger partial charge on any atom is 0.416 e. The Morgan fingerprint density at radius 1 is 1.00 bits per heavy atom. The quantitative estimate of drug-likeness (QED) is 0.372. The van der Waals surface area contributed by atoms with Gasteiger partial charge >= 0.3 is 12.2 Å². The third-order valence-corrected chi connectivity index (χ3v) is 6.20. The van der Waals surface area contributed by atoms with Crippen LogP contribution in [0.5, 0.6) is 0 Å². The van der Waals surface area contributed by atoms with Gasteiger partial charge in [0.25, 0.3) is 5.91 Å². The van der Waals surface area contributed by atoms with Crippen molar-refractivity contribution >= 4 is 34.9 Å². The Bertz CT molecular complexity index is 1290. The first-order chi connectivity index (χ1) is 17.6. The average molecular weight is 513 g/mol. The van der Waals surface area contributed by atoms with Crippen molar-refractivity contribution in [3.63, 3.8) is 0 Å². The highest BCUT2D eigenvalue weighted by Crippen LogP contribution is 2.30. The molecule has 0 radical (unpaired) electrons. The number of aromatic nitrogens is 2. The van der Waals surface area contributed by atoms with E-state index in [1.165, 1.54) is 36.2 Å². The van der Waals surface area contributed by atoms with Crippen LogP contribution in [-0.4, -0.2) is 35.0 Å². The van der Waals surface area contributed by atoms with Crippen LogP contribution in [0.4, 0.5) is 41.0 Å². The van der Waals surface area contributed by atoms with Gasteiger partial charge in [-0.25, -0.2) is 14.8 Å². The summed E-state index contributed by atoms with van der Waals surface area (Å²) in [6.07, 6.45) is 1.35. The fourth-order valence-corrected chi connectivity index (χ4v) is 4.07. The Hall–Kier alpha value is -4.15. The lowest BCUT2D eigenvalue weighted by Crippen LogP contribution is -2.32. The maximum absolute atomic E-state index is 13.0. The van der Waals surface area contributed by atoms with Gasteiger partial charge < -0.3 is 16.0 Å². The largest absolute Gasteiger partial charge is 0.416 e. The number of urea groups is 1. The van der Waals surface area contributed by atoms with Crippen molar-refractivity contribution in [2.24, 2.45) is 0 Å². The summed E-state index contributed by atoms with van der Waals surface area (Å²) in [6, 6.07) is 10.6. The SMILES string of the molecule is Cc1ccc(NC(=O)c2cccc(C(F)(F)F)c2)cc1NC(=O)N(C)c1cc(NC2CCCC2)ncn1. The van der Waals surface area contributed by atoms with Gasteiger partial charge in [0, 0.05) is 36.1 Å². The molecule has 11 heteroatoms. The van der Waals surface area contributed by atoms with E-state index in [1.807, 2.05) is 0 Å². The van der Waals surface area contributed by atoms with Crippen LogP contribution >= 0.6 is 0 Å². The van der Waals surface area contributed by atoms with Gasteiger partial charge in [0.2, 0.25) is 0 Å². The number of rotatable bonds is 6. The molecule has 1 aliphatic carbocycles. The highest BCUT2D eigenvalue weighted by atomic mass is 19.4. The Labute approximate surface area is 212 Å².